The van der Waals surface area contributed by atoms with Gasteiger partial charge in [0.15, 0.2) is 0 Å². The number of benzene rings is 2. The van der Waals surface area contributed by atoms with Gasteiger partial charge in [-0.25, -0.2) is 4.79 Å². The Hall–Kier alpha value is -3.35. The summed E-state index contributed by atoms with van der Waals surface area (Å²) in [5, 5.41) is 5.53. The summed E-state index contributed by atoms with van der Waals surface area (Å²) in [7, 11) is 0. The molecular formula is C27H35N3O4. The third-order valence-corrected chi connectivity index (χ3v) is 5.55. The molecule has 1 fully saturated rings. The summed E-state index contributed by atoms with van der Waals surface area (Å²) >= 11 is 0. The normalized spacial score (nSPS) is 14.1. The maximum Gasteiger partial charge on any atom is 0.408 e. The van der Waals surface area contributed by atoms with Crippen molar-refractivity contribution in [1.82, 2.24) is 15.5 Å². The second kappa shape index (κ2) is 11.2. The molecule has 0 bridgehead atoms. The van der Waals surface area contributed by atoms with Crippen LogP contribution in [0.25, 0.3) is 0 Å². The quantitative estimate of drug-likeness (QED) is 0.583. The van der Waals surface area contributed by atoms with Gasteiger partial charge in [-0.1, -0.05) is 61.5 Å². The number of nitrogens with zero attached hydrogens (tertiary/aromatic N) is 1. The van der Waals surface area contributed by atoms with Gasteiger partial charge in [-0.2, -0.15) is 0 Å². The lowest BCUT2D eigenvalue weighted by molar-refractivity contribution is -0.141. The average Bonchev–Trinajstić information content (AvgIpc) is 3.64. The second-order valence-corrected chi connectivity index (χ2v) is 9.59. The van der Waals surface area contributed by atoms with E-state index in [1.807, 2.05) is 54.6 Å². The van der Waals surface area contributed by atoms with Gasteiger partial charge < -0.3 is 20.3 Å². The van der Waals surface area contributed by atoms with Crippen LogP contribution in [0, 0.1) is 0 Å². The monoisotopic (exact) mass is 465 g/mol. The van der Waals surface area contributed by atoms with Crippen LogP contribution in [-0.4, -0.2) is 41.0 Å². The maximum atomic E-state index is 13.5. The molecule has 1 aliphatic rings. The van der Waals surface area contributed by atoms with Crippen LogP contribution in [-0.2, 0) is 27.3 Å². The number of carbonyl (C=O) groups is 3. The van der Waals surface area contributed by atoms with Gasteiger partial charge in [0.05, 0.1) is 0 Å². The Labute approximate surface area is 201 Å². The summed E-state index contributed by atoms with van der Waals surface area (Å²) in [6.45, 7) is 7.49. The van der Waals surface area contributed by atoms with Crippen LogP contribution in [0.3, 0.4) is 0 Å². The van der Waals surface area contributed by atoms with Gasteiger partial charge in [-0.3, -0.25) is 9.59 Å². The Morgan fingerprint density at radius 3 is 2.18 bits per heavy atom. The van der Waals surface area contributed by atoms with E-state index in [-0.39, 0.29) is 24.4 Å². The predicted octanol–water partition coefficient (Wildman–Crippen LogP) is 4.12. The zero-order valence-electron chi connectivity index (χ0n) is 20.5. The van der Waals surface area contributed by atoms with Gasteiger partial charge in [0.2, 0.25) is 11.8 Å². The molecule has 0 heterocycles. The number of amides is 3. The Kier molecular flexibility index (Phi) is 8.31. The molecule has 2 aromatic rings. The SMILES string of the molecule is CCc1ccc(C(C(=O)NCc2ccccc2)N(C(=O)CNC(=O)OC(C)(C)C)C2CC2)cc1. The molecule has 3 rings (SSSR count). The highest BCUT2D eigenvalue weighted by molar-refractivity contribution is 5.90. The molecule has 0 aliphatic heterocycles. The summed E-state index contributed by atoms with van der Waals surface area (Å²) in [6.07, 6.45) is 1.88. The highest BCUT2D eigenvalue weighted by atomic mass is 16.6. The zero-order chi connectivity index (χ0) is 24.7. The third kappa shape index (κ3) is 7.33. The number of ether oxygens (including phenoxy) is 1. The molecule has 1 atom stereocenters. The molecule has 34 heavy (non-hydrogen) atoms. The van der Waals surface area contributed by atoms with Gasteiger partial charge in [0, 0.05) is 12.6 Å². The second-order valence-electron chi connectivity index (χ2n) is 9.59. The van der Waals surface area contributed by atoms with Crippen molar-refractivity contribution in [2.45, 2.75) is 71.2 Å². The van der Waals surface area contributed by atoms with Crippen molar-refractivity contribution in [1.29, 1.82) is 0 Å². The van der Waals surface area contributed by atoms with Gasteiger partial charge in [0.1, 0.15) is 18.2 Å². The van der Waals surface area contributed by atoms with Crippen LogP contribution in [0.2, 0.25) is 0 Å². The van der Waals surface area contributed by atoms with E-state index < -0.39 is 17.7 Å². The summed E-state index contributed by atoms with van der Waals surface area (Å²) < 4.78 is 5.25. The first-order valence-electron chi connectivity index (χ1n) is 11.9. The maximum absolute atomic E-state index is 13.5. The third-order valence-electron chi connectivity index (χ3n) is 5.55. The molecule has 2 N–H and O–H groups in total. The standard InChI is InChI=1S/C27H35N3O4/c1-5-19-11-13-21(14-12-19)24(25(32)28-17-20-9-7-6-8-10-20)30(22-15-16-22)23(31)18-29-26(33)34-27(2,3)4/h6-14,22,24H,5,15-18H2,1-4H3,(H,28,32)(H,29,33). The van der Waals surface area contributed by atoms with Crippen LogP contribution in [0.1, 0.15) is 63.3 Å². The van der Waals surface area contributed by atoms with Crippen LogP contribution in [0.5, 0.6) is 0 Å². The smallest absolute Gasteiger partial charge is 0.408 e. The molecule has 0 radical (unpaired) electrons. The highest BCUT2D eigenvalue weighted by Crippen LogP contribution is 2.35. The molecule has 2 aromatic carbocycles. The Morgan fingerprint density at radius 2 is 1.62 bits per heavy atom. The first-order chi connectivity index (χ1) is 16.2. The number of rotatable bonds is 9. The number of nitrogens with one attached hydrogen (secondary N) is 2. The largest absolute Gasteiger partial charge is 0.444 e. The first-order valence-corrected chi connectivity index (χ1v) is 11.9. The minimum Gasteiger partial charge on any atom is -0.444 e. The molecule has 0 spiro atoms. The minimum absolute atomic E-state index is 0.0359. The fourth-order valence-electron chi connectivity index (χ4n) is 3.72. The number of hydrogen-bond donors (Lipinski definition) is 2. The number of aryl methyl sites for hydroxylation is 1. The van der Waals surface area contributed by atoms with Crippen molar-refractivity contribution >= 4 is 17.9 Å². The van der Waals surface area contributed by atoms with E-state index in [1.54, 1.807) is 25.7 Å². The molecule has 7 nitrogen and oxygen atoms in total. The van der Waals surface area contributed by atoms with E-state index in [2.05, 4.69) is 17.6 Å². The highest BCUT2D eigenvalue weighted by Gasteiger charge is 2.41. The van der Waals surface area contributed by atoms with Gasteiger partial charge in [-0.05, 0) is 56.7 Å². The number of hydrogen-bond acceptors (Lipinski definition) is 4. The minimum atomic E-state index is -0.782. The summed E-state index contributed by atoms with van der Waals surface area (Å²) in [6, 6.07) is 16.6. The summed E-state index contributed by atoms with van der Waals surface area (Å²) in [5.41, 5.74) is 2.22. The lowest BCUT2D eigenvalue weighted by Crippen LogP contribution is -2.48. The van der Waals surface area contributed by atoms with Crippen LogP contribution in [0.4, 0.5) is 4.79 Å². The summed E-state index contributed by atoms with van der Waals surface area (Å²) in [5.74, 6) is -0.557. The van der Waals surface area contributed by atoms with Crippen molar-refractivity contribution in [3.63, 3.8) is 0 Å². The lowest BCUT2D eigenvalue weighted by Gasteiger charge is -2.32. The van der Waals surface area contributed by atoms with Gasteiger partial charge in [0.25, 0.3) is 0 Å². The van der Waals surface area contributed by atoms with E-state index in [9.17, 15) is 14.4 Å². The number of carbonyl (C=O) groups excluding carboxylic acids is 3. The Bertz CT molecular complexity index is 979. The Balaban J connectivity index is 1.80. The summed E-state index contributed by atoms with van der Waals surface area (Å²) in [4.78, 5) is 40.5. The predicted molar refractivity (Wildman–Crippen MR) is 131 cm³/mol. The van der Waals surface area contributed by atoms with Crippen LogP contribution >= 0.6 is 0 Å². The molecule has 0 saturated heterocycles. The van der Waals surface area contributed by atoms with E-state index >= 15 is 0 Å². The van der Waals surface area contributed by atoms with E-state index in [1.165, 1.54) is 0 Å². The first kappa shape index (κ1) is 25.3. The Morgan fingerprint density at radius 1 is 0.971 bits per heavy atom. The molecular weight excluding hydrogens is 430 g/mol. The number of alkyl carbamates (subject to hydrolysis) is 1. The van der Waals surface area contributed by atoms with Crippen LogP contribution < -0.4 is 10.6 Å². The molecule has 3 amide bonds. The molecule has 1 unspecified atom stereocenters. The van der Waals surface area contributed by atoms with Crippen molar-refractivity contribution in [2.75, 3.05) is 6.54 Å². The van der Waals surface area contributed by atoms with E-state index in [0.29, 0.717) is 6.54 Å². The molecule has 0 aromatic heterocycles. The van der Waals surface area contributed by atoms with Crippen molar-refractivity contribution in [3.05, 3.63) is 71.3 Å². The average molecular weight is 466 g/mol. The molecule has 182 valence electrons. The van der Waals surface area contributed by atoms with Crippen LogP contribution in [0.15, 0.2) is 54.6 Å². The lowest BCUT2D eigenvalue weighted by atomic mass is 10.0. The van der Waals surface area contributed by atoms with E-state index in [4.69, 9.17) is 4.74 Å². The molecule has 1 saturated carbocycles. The van der Waals surface area contributed by atoms with Crippen molar-refractivity contribution in [3.8, 4) is 0 Å². The van der Waals surface area contributed by atoms with Gasteiger partial charge >= 0.3 is 6.09 Å². The molecule has 7 heteroatoms. The zero-order valence-corrected chi connectivity index (χ0v) is 20.5. The molecule has 1 aliphatic carbocycles. The van der Waals surface area contributed by atoms with Gasteiger partial charge in [-0.15, -0.1) is 0 Å². The van der Waals surface area contributed by atoms with Crippen molar-refractivity contribution in [2.24, 2.45) is 0 Å². The fraction of sp³-hybridized carbons (Fsp3) is 0.444. The topological polar surface area (TPSA) is 87.7 Å². The van der Waals surface area contributed by atoms with Crippen molar-refractivity contribution < 1.29 is 19.1 Å². The van der Waals surface area contributed by atoms with E-state index in [0.717, 1.165) is 36.0 Å². The fourth-order valence-corrected chi connectivity index (χ4v) is 3.72.